The maximum absolute atomic E-state index is 10.6. The molecule has 3 N–H and O–H groups in total. The van der Waals surface area contributed by atoms with Gasteiger partial charge in [0.25, 0.3) is 0 Å². The number of imidazole rings is 1. The Morgan fingerprint density at radius 3 is 2.63 bits per heavy atom. The summed E-state index contributed by atoms with van der Waals surface area (Å²) in [7, 11) is 0. The molecule has 0 aliphatic carbocycles. The van der Waals surface area contributed by atoms with Gasteiger partial charge < -0.3 is 15.6 Å². The van der Waals surface area contributed by atoms with E-state index >= 15 is 0 Å². The van der Waals surface area contributed by atoms with Crippen LogP contribution in [0.3, 0.4) is 0 Å². The summed E-state index contributed by atoms with van der Waals surface area (Å²) in [5, 5.41) is 6.31. The number of nitrogens with zero attached hydrogens (tertiary/aromatic N) is 1. The molecule has 0 saturated carbocycles. The second-order valence-electron chi connectivity index (χ2n) is 8.35. The summed E-state index contributed by atoms with van der Waals surface area (Å²) in [4.78, 5) is 18.8. The van der Waals surface area contributed by atoms with Crippen LogP contribution in [-0.4, -0.2) is 36.0 Å². The van der Waals surface area contributed by atoms with Gasteiger partial charge in [-0.15, -0.1) is 0 Å². The lowest BCUT2D eigenvalue weighted by Gasteiger charge is -2.31. The number of hydrogen-bond donors (Lipinski definition) is 3. The molecule has 1 aliphatic rings. The first-order chi connectivity index (χ1) is 14.7. The van der Waals surface area contributed by atoms with E-state index in [1.165, 1.54) is 30.5 Å². The zero-order valence-electron chi connectivity index (χ0n) is 18.3. The molecule has 5 nitrogen and oxygen atoms in total. The van der Waals surface area contributed by atoms with Crippen LogP contribution in [0.5, 0.6) is 0 Å². The van der Waals surface area contributed by atoms with Crippen molar-refractivity contribution >= 4 is 12.5 Å². The van der Waals surface area contributed by atoms with Crippen molar-refractivity contribution < 1.29 is 4.79 Å². The van der Waals surface area contributed by atoms with Crippen LogP contribution >= 0.6 is 0 Å². The fraction of sp³-hybridized carbons (Fsp3) is 0.520. The summed E-state index contributed by atoms with van der Waals surface area (Å²) < 4.78 is 0. The molecular formula is C25H36N4O. The third-order valence-electron chi connectivity index (χ3n) is 6.33. The number of nitrogens with one attached hydrogen (secondary N) is 3. The summed E-state index contributed by atoms with van der Waals surface area (Å²) >= 11 is 0. The Morgan fingerprint density at radius 2 is 1.97 bits per heavy atom. The first-order valence-electron chi connectivity index (χ1n) is 11.4. The molecule has 0 bridgehead atoms. The number of rotatable bonds is 12. The first-order valence-corrected chi connectivity index (χ1v) is 11.4. The number of carbonyl (C=O) groups excluding carboxylic acids is 1. The Balaban J connectivity index is 1.62. The van der Waals surface area contributed by atoms with Crippen LogP contribution in [0.4, 0.5) is 0 Å². The number of carbonyl (C=O) groups is 1. The van der Waals surface area contributed by atoms with Gasteiger partial charge in [-0.2, -0.15) is 0 Å². The van der Waals surface area contributed by atoms with Gasteiger partial charge in [0.1, 0.15) is 5.82 Å². The number of H-pyrrole nitrogens is 1. The van der Waals surface area contributed by atoms with Gasteiger partial charge >= 0.3 is 0 Å². The Kier molecular flexibility index (Phi) is 8.69. The fourth-order valence-corrected chi connectivity index (χ4v) is 4.61. The smallest absolute Gasteiger partial charge is 0.207 e. The minimum absolute atomic E-state index is 0.663. The largest absolute Gasteiger partial charge is 0.359 e. The topological polar surface area (TPSA) is 69.8 Å². The minimum atomic E-state index is 0.663. The molecule has 2 aromatic rings. The summed E-state index contributed by atoms with van der Waals surface area (Å²) in [6.07, 6.45) is 10.5. The van der Waals surface area contributed by atoms with E-state index in [4.69, 9.17) is 4.98 Å². The maximum Gasteiger partial charge on any atom is 0.207 e. The molecule has 1 atom stereocenters. The van der Waals surface area contributed by atoms with E-state index in [-0.39, 0.29) is 0 Å². The molecule has 1 unspecified atom stereocenters. The lowest BCUT2D eigenvalue weighted by molar-refractivity contribution is -0.109. The van der Waals surface area contributed by atoms with Gasteiger partial charge in [0.15, 0.2) is 0 Å². The molecule has 1 aromatic carbocycles. The summed E-state index contributed by atoms with van der Waals surface area (Å²) in [6.45, 7) is 9.08. The van der Waals surface area contributed by atoms with Gasteiger partial charge in [0.2, 0.25) is 6.41 Å². The van der Waals surface area contributed by atoms with Crippen LogP contribution in [0.1, 0.15) is 56.0 Å². The van der Waals surface area contributed by atoms with E-state index in [9.17, 15) is 4.79 Å². The third-order valence-corrected chi connectivity index (χ3v) is 6.33. The molecule has 2 heterocycles. The molecule has 1 aromatic heterocycles. The zero-order chi connectivity index (χ0) is 21.2. The Bertz CT molecular complexity index is 790. The fourth-order valence-electron chi connectivity index (χ4n) is 4.61. The first kappa shape index (κ1) is 22.3. The van der Waals surface area contributed by atoms with Gasteiger partial charge in [0, 0.05) is 17.8 Å². The van der Waals surface area contributed by atoms with Crippen LogP contribution in [0, 0.1) is 11.8 Å². The van der Waals surface area contributed by atoms with Crippen LogP contribution in [0.15, 0.2) is 30.8 Å². The van der Waals surface area contributed by atoms with E-state index in [0.29, 0.717) is 5.92 Å². The van der Waals surface area contributed by atoms with Gasteiger partial charge in [-0.3, -0.25) is 4.79 Å². The van der Waals surface area contributed by atoms with Crippen LogP contribution in [-0.2, 0) is 17.6 Å². The highest BCUT2D eigenvalue weighted by molar-refractivity contribution is 5.60. The van der Waals surface area contributed by atoms with E-state index < -0.39 is 0 Å². The molecule has 1 aliphatic heterocycles. The van der Waals surface area contributed by atoms with Crippen molar-refractivity contribution in [3.05, 3.63) is 47.8 Å². The molecule has 5 heteroatoms. The van der Waals surface area contributed by atoms with Crippen molar-refractivity contribution in [2.75, 3.05) is 19.6 Å². The van der Waals surface area contributed by atoms with Gasteiger partial charge in [-0.25, -0.2) is 4.98 Å². The van der Waals surface area contributed by atoms with Gasteiger partial charge in [-0.05, 0) is 75.1 Å². The van der Waals surface area contributed by atoms with Crippen LogP contribution in [0.25, 0.3) is 17.5 Å². The number of benzene rings is 1. The number of aryl methyl sites for hydroxylation is 2. The minimum Gasteiger partial charge on any atom is -0.359 e. The third kappa shape index (κ3) is 6.05. The van der Waals surface area contributed by atoms with Crippen molar-refractivity contribution in [3.63, 3.8) is 0 Å². The van der Waals surface area contributed by atoms with Crippen molar-refractivity contribution in [2.24, 2.45) is 11.8 Å². The second-order valence-corrected chi connectivity index (χ2v) is 8.35. The lowest BCUT2D eigenvalue weighted by atomic mass is 9.79. The predicted octanol–water partition coefficient (Wildman–Crippen LogP) is 4.36. The average molecular weight is 409 g/mol. The number of amides is 1. The van der Waals surface area contributed by atoms with E-state index in [2.05, 4.69) is 53.4 Å². The highest BCUT2D eigenvalue weighted by atomic mass is 16.1. The highest BCUT2D eigenvalue weighted by Gasteiger charge is 2.23. The Labute approximate surface area is 180 Å². The van der Waals surface area contributed by atoms with Crippen molar-refractivity contribution in [1.82, 2.24) is 20.6 Å². The Hall–Kier alpha value is -2.40. The number of aromatic nitrogens is 2. The lowest BCUT2D eigenvalue weighted by Crippen LogP contribution is -2.33. The number of aromatic amines is 1. The molecule has 3 rings (SSSR count). The van der Waals surface area contributed by atoms with Crippen LogP contribution in [0.2, 0.25) is 0 Å². The molecule has 0 radical (unpaired) electrons. The SMILES string of the molecule is C=Cc1nc(-c2ccc(CCC(CCNC=O)C3CCNCC3)cc2)[nH]c1CCC. The zero-order valence-corrected chi connectivity index (χ0v) is 18.3. The Morgan fingerprint density at radius 1 is 1.20 bits per heavy atom. The van der Waals surface area contributed by atoms with Gasteiger partial charge in [-0.1, -0.05) is 44.2 Å². The standard InChI is InChI=1S/C25H36N4O/c1-3-5-24-23(4-2)28-25(29-24)22-10-7-19(8-11-22)6-9-20(14-17-27-18-30)21-12-15-26-16-13-21/h4,7-8,10-11,18,20-21,26H,2-3,5-6,9,12-17H2,1H3,(H,27,30)(H,28,29). The molecular weight excluding hydrogens is 372 g/mol. The second kappa shape index (κ2) is 11.7. The van der Waals surface area contributed by atoms with Crippen LogP contribution < -0.4 is 10.6 Å². The summed E-state index contributed by atoms with van der Waals surface area (Å²) in [6, 6.07) is 8.80. The maximum atomic E-state index is 10.6. The number of piperidine rings is 1. The highest BCUT2D eigenvalue weighted by Crippen LogP contribution is 2.29. The van der Waals surface area contributed by atoms with Crippen molar-refractivity contribution in [1.29, 1.82) is 0 Å². The average Bonchev–Trinajstić information content (AvgIpc) is 3.20. The van der Waals surface area contributed by atoms with Crippen molar-refractivity contribution in [2.45, 2.75) is 51.9 Å². The van der Waals surface area contributed by atoms with Crippen molar-refractivity contribution in [3.8, 4) is 11.4 Å². The summed E-state index contributed by atoms with van der Waals surface area (Å²) in [5.41, 5.74) is 4.62. The summed E-state index contributed by atoms with van der Waals surface area (Å²) in [5.74, 6) is 2.35. The predicted molar refractivity (Wildman–Crippen MR) is 124 cm³/mol. The van der Waals surface area contributed by atoms with E-state index in [1.54, 1.807) is 0 Å². The quantitative estimate of drug-likeness (QED) is 0.361. The van der Waals surface area contributed by atoms with E-state index in [0.717, 1.165) is 74.7 Å². The molecule has 1 amide bonds. The molecule has 30 heavy (non-hydrogen) atoms. The number of hydrogen-bond acceptors (Lipinski definition) is 3. The molecule has 1 saturated heterocycles. The molecule has 162 valence electrons. The molecule has 1 fully saturated rings. The monoisotopic (exact) mass is 408 g/mol. The molecule has 0 spiro atoms. The van der Waals surface area contributed by atoms with E-state index in [1.807, 2.05) is 6.08 Å². The van der Waals surface area contributed by atoms with Gasteiger partial charge in [0.05, 0.1) is 5.69 Å². The normalized spacial score (nSPS) is 15.6.